The average molecular weight is 160 g/mol. The molecule has 0 spiro atoms. The normalized spacial score (nSPS) is 8.29. The zero-order valence-corrected chi connectivity index (χ0v) is 9.10. The van der Waals surface area contributed by atoms with Crippen LogP contribution >= 0.6 is 0 Å². The first-order chi connectivity index (χ1) is 2.00. The molecule has 0 bridgehead atoms. The minimum Gasteiger partial charge on any atom is -1.00 e. The molecule has 0 atom stereocenters. The molecule has 0 amide bonds. The Morgan fingerprint density at radius 1 is 1.29 bits per heavy atom. The van der Waals surface area contributed by atoms with Gasteiger partial charge in [0.1, 0.15) is 0 Å². The summed E-state index contributed by atoms with van der Waals surface area (Å²) in [5, 5.41) is 0. The van der Waals surface area contributed by atoms with Crippen LogP contribution in [0.4, 0.5) is 0 Å². The van der Waals surface area contributed by atoms with Crippen molar-refractivity contribution in [1.29, 1.82) is 0 Å². The van der Waals surface area contributed by atoms with Crippen LogP contribution in [0.15, 0.2) is 0 Å². The number of rotatable bonds is 0. The molecule has 0 fully saturated rings. The summed E-state index contributed by atoms with van der Waals surface area (Å²) in [5.74, 6) is 0. The quantitative estimate of drug-likeness (QED) is 0.203. The molecule has 0 aliphatic rings. The van der Waals surface area contributed by atoms with Gasteiger partial charge in [0, 0.05) is 10.4 Å². The topological polar surface area (TPSA) is 80.3 Å². The van der Waals surface area contributed by atoms with Gasteiger partial charge in [-0.3, -0.25) is 8.42 Å². The molecule has 0 unspecified atom stereocenters. The van der Waals surface area contributed by atoms with Crippen LogP contribution in [0.2, 0.25) is 0 Å². The summed E-state index contributed by atoms with van der Waals surface area (Å²) < 4.78 is 34.1. The zero-order valence-electron chi connectivity index (χ0n) is 4.75. The van der Waals surface area contributed by atoms with Crippen molar-refractivity contribution in [3.05, 3.63) is 0 Å². The molecule has 34 valence electrons. The monoisotopic (exact) mass is 160 g/mol. The van der Waals surface area contributed by atoms with Crippen LogP contribution in [0.25, 0.3) is 0 Å². The van der Waals surface area contributed by atoms with E-state index in [0.717, 1.165) is 0 Å². The number of hydrogen-bond acceptors (Lipinski definition) is 4. The van der Waals surface area contributed by atoms with Crippen LogP contribution in [-0.4, -0.2) is 40.6 Å². The molecule has 0 saturated heterocycles. The molecule has 7 heavy (non-hydrogen) atoms. The number of hydrogen-bond donors (Lipinski definition) is 0. The van der Waals surface area contributed by atoms with Crippen molar-refractivity contribution in [3.63, 3.8) is 0 Å². The van der Waals surface area contributed by atoms with Gasteiger partial charge in [-0.2, -0.15) is 0 Å². The van der Waals surface area contributed by atoms with Gasteiger partial charge in [0.15, 0.2) is 0 Å². The standard InChI is InChI=1S/K.Mg.H2O4S.H/c;;1-5(2,3)4;/h;;(H2,1,2,3,4);/q+1;+2;;-1/p-2. The Balaban J connectivity index is -0.0000000267. The average Bonchev–Trinajstić information content (AvgIpc) is 0.722. The van der Waals surface area contributed by atoms with Gasteiger partial charge in [0.2, 0.25) is 0 Å². The molecule has 0 N–H and O–H groups in total. The van der Waals surface area contributed by atoms with E-state index >= 15 is 0 Å². The minimum absolute atomic E-state index is 0. The van der Waals surface area contributed by atoms with Crippen molar-refractivity contribution in [3.8, 4) is 0 Å². The molecule has 0 aromatic carbocycles. The van der Waals surface area contributed by atoms with Crippen molar-refractivity contribution in [2.75, 3.05) is 0 Å². The van der Waals surface area contributed by atoms with Crippen molar-refractivity contribution >= 4 is 33.5 Å². The first kappa shape index (κ1) is 16.1. The largest absolute Gasteiger partial charge is 2.00 e. The molecule has 7 heteroatoms. The van der Waals surface area contributed by atoms with Gasteiger partial charge in [-0.05, 0) is 0 Å². The van der Waals surface area contributed by atoms with Crippen LogP contribution in [-0.2, 0) is 10.4 Å². The molecule has 0 radical (unpaired) electrons. The molecular formula is HKMgO4S. The van der Waals surface area contributed by atoms with Crippen LogP contribution in [0, 0.1) is 0 Å². The van der Waals surface area contributed by atoms with Crippen LogP contribution < -0.4 is 51.4 Å². The van der Waals surface area contributed by atoms with E-state index in [1.807, 2.05) is 0 Å². The molecule has 0 aliphatic heterocycles. The maximum Gasteiger partial charge on any atom is 2.00 e. The fourth-order valence-corrected chi connectivity index (χ4v) is 0. The molecule has 0 aromatic heterocycles. The fraction of sp³-hybridized carbons (Fsp3) is 0. The third-order valence-corrected chi connectivity index (χ3v) is 0. The molecule has 0 saturated carbocycles. The van der Waals surface area contributed by atoms with Crippen LogP contribution in [0.5, 0.6) is 0 Å². The maximum atomic E-state index is 8.52. The third kappa shape index (κ3) is 63.0. The summed E-state index contributed by atoms with van der Waals surface area (Å²) in [6.07, 6.45) is 0. The summed E-state index contributed by atoms with van der Waals surface area (Å²) in [6.45, 7) is 0. The van der Waals surface area contributed by atoms with E-state index in [-0.39, 0.29) is 75.9 Å². The van der Waals surface area contributed by atoms with Crippen molar-refractivity contribution in [2.45, 2.75) is 0 Å². The summed E-state index contributed by atoms with van der Waals surface area (Å²) in [5.41, 5.74) is 0. The van der Waals surface area contributed by atoms with Crippen molar-refractivity contribution < 1.29 is 70.3 Å². The Labute approximate surface area is 102 Å². The second kappa shape index (κ2) is 6.39. The van der Waals surface area contributed by atoms with Gasteiger partial charge in [-0.1, -0.05) is 0 Å². The smallest absolute Gasteiger partial charge is 1.00 e. The van der Waals surface area contributed by atoms with E-state index in [1.165, 1.54) is 0 Å². The van der Waals surface area contributed by atoms with E-state index in [0.29, 0.717) is 0 Å². The fourth-order valence-electron chi connectivity index (χ4n) is 0. The van der Waals surface area contributed by atoms with Gasteiger partial charge in [0.05, 0.1) is 0 Å². The van der Waals surface area contributed by atoms with E-state index in [1.54, 1.807) is 0 Å². The predicted octanol–water partition coefficient (Wildman–Crippen LogP) is -4.60. The molecule has 0 aliphatic carbocycles. The minimum atomic E-state index is -5.17. The maximum absolute atomic E-state index is 8.52. The van der Waals surface area contributed by atoms with E-state index < -0.39 is 10.4 Å². The van der Waals surface area contributed by atoms with Gasteiger partial charge in [-0.25, -0.2) is 0 Å². The second-order valence-electron chi connectivity index (χ2n) is 0.408. The zero-order chi connectivity index (χ0) is 4.50. The van der Waals surface area contributed by atoms with Gasteiger partial charge < -0.3 is 10.5 Å². The first-order valence-corrected chi connectivity index (χ1v) is 2.00. The molecule has 0 aromatic rings. The summed E-state index contributed by atoms with van der Waals surface area (Å²) >= 11 is 0. The van der Waals surface area contributed by atoms with Crippen LogP contribution in [0.3, 0.4) is 0 Å². The van der Waals surface area contributed by atoms with Crippen molar-refractivity contribution in [1.82, 2.24) is 0 Å². The van der Waals surface area contributed by atoms with Gasteiger partial charge in [0.25, 0.3) is 0 Å². The summed E-state index contributed by atoms with van der Waals surface area (Å²) in [7, 11) is -5.17. The Morgan fingerprint density at radius 3 is 1.29 bits per heavy atom. The predicted molar refractivity (Wildman–Crippen MR) is 17.3 cm³/mol. The Bertz CT molecular complexity index is 99.2. The van der Waals surface area contributed by atoms with E-state index in [4.69, 9.17) is 17.5 Å². The Hall–Kier alpha value is 2.27. The van der Waals surface area contributed by atoms with E-state index in [2.05, 4.69) is 0 Å². The third-order valence-electron chi connectivity index (χ3n) is 0. The molecule has 0 heterocycles. The molecule has 4 nitrogen and oxygen atoms in total. The van der Waals surface area contributed by atoms with Crippen LogP contribution in [0.1, 0.15) is 1.43 Å². The Kier molecular flexibility index (Phi) is 14.7. The first-order valence-electron chi connectivity index (χ1n) is 0.667. The SMILES string of the molecule is O=S(=O)([O-])[O-].[H-].[K+].[Mg+2]. The molecule has 0 rings (SSSR count). The van der Waals surface area contributed by atoms with Gasteiger partial charge >= 0.3 is 74.4 Å². The van der Waals surface area contributed by atoms with Gasteiger partial charge in [-0.15, -0.1) is 0 Å². The van der Waals surface area contributed by atoms with Crippen molar-refractivity contribution in [2.24, 2.45) is 0 Å². The summed E-state index contributed by atoms with van der Waals surface area (Å²) in [6, 6.07) is 0. The van der Waals surface area contributed by atoms with E-state index in [9.17, 15) is 0 Å². The second-order valence-corrected chi connectivity index (χ2v) is 1.22. The Morgan fingerprint density at radius 2 is 1.29 bits per heavy atom. The molecular weight excluding hydrogens is 159 g/mol. The summed E-state index contributed by atoms with van der Waals surface area (Å²) in [4.78, 5) is 0.